The maximum absolute atomic E-state index is 12.9. The molecule has 166 valence electrons. The lowest BCUT2D eigenvalue weighted by Gasteiger charge is -2.21. The van der Waals surface area contributed by atoms with Crippen molar-refractivity contribution in [3.05, 3.63) is 82.1 Å². The third-order valence-electron chi connectivity index (χ3n) is 4.16. The highest BCUT2D eigenvalue weighted by Crippen LogP contribution is 2.25. The summed E-state index contributed by atoms with van der Waals surface area (Å²) in [6, 6.07) is 12.6. The molecule has 2 aromatic carbocycles. The van der Waals surface area contributed by atoms with Gasteiger partial charge in [-0.05, 0) is 31.5 Å². The van der Waals surface area contributed by atoms with Crippen LogP contribution in [0.4, 0.5) is 5.69 Å². The number of benzene rings is 2. The van der Waals surface area contributed by atoms with Gasteiger partial charge in [-0.2, -0.15) is 0 Å². The Labute approximate surface area is 180 Å². The van der Waals surface area contributed by atoms with Crippen LogP contribution < -0.4 is 4.72 Å². The molecule has 0 spiro atoms. The van der Waals surface area contributed by atoms with Crippen molar-refractivity contribution < 1.29 is 27.6 Å². The fourth-order valence-electron chi connectivity index (χ4n) is 2.78. The van der Waals surface area contributed by atoms with Crippen molar-refractivity contribution in [3.8, 4) is 0 Å². The lowest BCUT2D eigenvalue weighted by molar-refractivity contribution is -0.384. The molecule has 0 aromatic heterocycles. The zero-order chi connectivity index (χ0) is 22.9. The summed E-state index contributed by atoms with van der Waals surface area (Å²) in [6.45, 7) is 3.90. The molecule has 0 fully saturated rings. The van der Waals surface area contributed by atoms with E-state index in [1.165, 1.54) is 18.2 Å². The predicted octanol–water partition coefficient (Wildman–Crippen LogP) is 3.49. The van der Waals surface area contributed by atoms with Gasteiger partial charge in [0.05, 0.1) is 35.2 Å². The second-order valence-electron chi connectivity index (χ2n) is 6.34. The van der Waals surface area contributed by atoms with Crippen molar-refractivity contribution in [1.82, 2.24) is 4.72 Å². The minimum absolute atomic E-state index is 0.0584. The molecule has 0 bridgehead atoms. The first-order valence-corrected chi connectivity index (χ1v) is 11.1. The Morgan fingerprint density at radius 2 is 1.68 bits per heavy atom. The molecule has 0 heterocycles. The van der Waals surface area contributed by atoms with Crippen LogP contribution in [-0.4, -0.2) is 32.5 Å². The molecule has 0 amide bonds. The van der Waals surface area contributed by atoms with Crippen LogP contribution in [0.5, 0.6) is 0 Å². The number of rotatable bonds is 11. The van der Waals surface area contributed by atoms with Crippen LogP contribution in [0.2, 0.25) is 0 Å². The molecule has 2 rings (SSSR count). The average Bonchev–Trinajstić information content (AvgIpc) is 2.74. The Bertz CT molecular complexity index is 1020. The van der Waals surface area contributed by atoms with Crippen molar-refractivity contribution in [2.75, 3.05) is 13.2 Å². The van der Waals surface area contributed by atoms with Crippen LogP contribution >= 0.6 is 0 Å². The second kappa shape index (κ2) is 11.2. The van der Waals surface area contributed by atoms with E-state index in [2.05, 4.69) is 4.72 Å². The number of nitro benzene ring substituents is 1. The van der Waals surface area contributed by atoms with Crippen LogP contribution in [-0.2, 0) is 24.3 Å². The molecule has 0 aliphatic carbocycles. The zero-order valence-corrected chi connectivity index (χ0v) is 18.0. The van der Waals surface area contributed by atoms with E-state index >= 15 is 0 Å². The summed E-state index contributed by atoms with van der Waals surface area (Å²) in [5.74, 6) is -0.322. The smallest absolute Gasteiger partial charge is 0.334 e. The third-order valence-corrected chi connectivity index (χ3v) is 5.65. The van der Waals surface area contributed by atoms with E-state index in [1.54, 1.807) is 44.2 Å². The van der Waals surface area contributed by atoms with Crippen molar-refractivity contribution in [2.24, 2.45) is 0 Å². The van der Waals surface area contributed by atoms with E-state index in [0.29, 0.717) is 5.56 Å². The highest BCUT2D eigenvalue weighted by molar-refractivity contribution is 7.89. The number of carbonyl (C=O) groups is 1. The van der Waals surface area contributed by atoms with Gasteiger partial charge in [-0.3, -0.25) is 10.1 Å². The number of nitro groups is 1. The van der Waals surface area contributed by atoms with Crippen molar-refractivity contribution >= 4 is 21.7 Å². The first-order valence-electron chi connectivity index (χ1n) is 9.58. The predicted molar refractivity (Wildman–Crippen MR) is 114 cm³/mol. The van der Waals surface area contributed by atoms with Crippen LogP contribution in [0.3, 0.4) is 0 Å². The molecule has 2 aromatic rings. The van der Waals surface area contributed by atoms with Gasteiger partial charge in [0.25, 0.3) is 5.69 Å². The van der Waals surface area contributed by atoms with Gasteiger partial charge >= 0.3 is 5.97 Å². The fraction of sp³-hybridized carbons (Fsp3) is 0.286. The van der Waals surface area contributed by atoms with Gasteiger partial charge in [0.15, 0.2) is 0 Å². The van der Waals surface area contributed by atoms with Gasteiger partial charge in [-0.15, -0.1) is 0 Å². The first kappa shape index (κ1) is 24.0. The molecule has 0 aliphatic rings. The number of hydrogen-bond donors (Lipinski definition) is 1. The summed E-state index contributed by atoms with van der Waals surface area (Å²) < 4.78 is 38.9. The van der Waals surface area contributed by atoms with Gasteiger partial charge in [-0.25, -0.2) is 17.9 Å². The second-order valence-corrected chi connectivity index (χ2v) is 8.05. The van der Waals surface area contributed by atoms with Gasteiger partial charge in [0.2, 0.25) is 10.0 Å². The van der Waals surface area contributed by atoms with E-state index in [-0.39, 0.29) is 36.0 Å². The summed E-state index contributed by atoms with van der Waals surface area (Å²) in [6.07, 6.45) is 1.26. The number of ether oxygens (including phenoxy) is 2. The molecular weight excluding hydrogens is 424 g/mol. The molecule has 1 atom stereocenters. The van der Waals surface area contributed by atoms with Gasteiger partial charge in [0, 0.05) is 18.6 Å². The van der Waals surface area contributed by atoms with Crippen LogP contribution in [0.1, 0.15) is 31.9 Å². The number of sulfonamides is 1. The number of nitrogens with zero attached hydrogens (tertiary/aromatic N) is 1. The average molecular weight is 448 g/mol. The summed E-state index contributed by atoms with van der Waals surface area (Å²) in [4.78, 5) is 22.0. The number of non-ortho nitro benzene ring substituents is 1. The van der Waals surface area contributed by atoms with Gasteiger partial charge < -0.3 is 9.47 Å². The topological polar surface area (TPSA) is 125 Å². The number of nitrogens with one attached hydrogen (secondary N) is 1. The Morgan fingerprint density at radius 1 is 1.06 bits per heavy atom. The van der Waals surface area contributed by atoms with Gasteiger partial charge in [0.1, 0.15) is 5.76 Å². The largest absolute Gasteiger partial charge is 0.498 e. The highest BCUT2D eigenvalue weighted by atomic mass is 32.2. The van der Waals surface area contributed by atoms with Crippen molar-refractivity contribution in [1.29, 1.82) is 0 Å². The third kappa shape index (κ3) is 7.19. The molecular formula is C21H24N2O7S. The fourth-order valence-corrected chi connectivity index (χ4v) is 4.00. The van der Waals surface area contributed by atoms with E-state index in [1.807, 2.05) is 0 Å². The monoisotopic (exact) mass is 448 g/mol. The van der Waals surface area contributed by atoms with E-state index in [4.69, 9.17) is 9.47 Å². The zero-order valence-electron chi connectivity index (χ0n) is 17.2. The van der Waals surface area contributed by atoms with Gasteiger partial charge in [-0.1, -0.05) is 30.3 Å². The van der Waals surface area contributed by atoms with E-state index in [0.717, 1.165) is 12.1 Å². The van der Waals surface area contributed by atoms with Crippen molar-refractivity contribution in [2.45, 2.75) is 31.2 Å². The van der Waals surface area contributed by atoms with E-state index < -0.39 is 27.0 Å². The van der Waals surface area contributed by atoms with Crippen molar-refractivity contribution in [3.63, 3.8) is 0 Å². The Morgan fingerprint density at radius 3 is 2.23 bits per heavy atom. The summed E-state index contributed by atoms with van der Waals surface area (Å²) >= 11 is 0. The molecule has 0 saturated heterocycles. The summed E-state index contributed by atoms with van der Waals surface area (Å²) in [7, 11) is -4.02. The van der Waals surface area contributed by atoms with Crippen LogP contribution in [0.15, 0.2) is 71.3 Å². The number of esters is 1. The normalized spacial score (nSPS) is 12.8. The maximum Gasteiger partial charge on any atom is 0.334 e. The Kier molecular flexibility index (Phi) is 8.71. The molecule has 1 N–H and O–H groups in total. The molecule has 31 heavy (non-hydrogen) atoms. The summed E-state index contributed by atoms with van der Waals surface area (Å²) in [5, 5.41) is 10.8. The minimum atomic E-state index is -4.02. The lowest BCUT2D eigenvalue weighted by Crippen LogP contribution is -2.29. The molecule has 0 saturated carbocycles. The Hall–Kier alpha value is -3.24. The summed E-state index contributed by atoms with van der Waals surface area (Å²) in [5.41, 5.74) is 0.442. The lowest BCUT2D eigenvalue weighted by atomic mass is 10.0. The number of carbonyl (C=O) groups excluding carboxylic acids is 1. The quantitative estimate of drug-likeness (QED) is 0.183. The Balaban J connectivity index is 2.35. The number of hydrogen-bond acceptors (Lipinski definition) is 7. The SMILES string of the molecule is CCOC(=O)/C=C(\CC(NS(=O)(=O)c1ccc([N+](=O)[O-])cc1)c1ccccc1)OCC. The molecule has 0 radical (unpaired) electrons. The van der Waals surface area contributed by atoms with Crippen LogP contribution in [0, 0.1) is 10.1 Å². The highest BCUT2D eigenvalue weighted by Gasteiger charge is 2.24. The molecule has 10 heteroatoms. The molecule has 9 nitrogen and oxygen atoms in total. The van der Waals surface area contributed by atoms with Crippen LogP contribution in [0.25, 0.3) is 0 Å². The van der Waals surface area contributed by atoms with E-state index in [9.17, 15) is 23.3 Å². The maximum atomic E-state index is 12.9. The molecule has 1 unspecified atom stereocenters. The minimum Gasteiger partial charge on any atom is -0.498 e. The molecule has 0 aliphatic heterocycles. The first-order chi connectivity index (χ1) is 14.8. The standard InChI is InChI=1S/C21H24N2O7S/c1-3-29-18(15-21(24)30-4-2)14-20(16-8-6-5-7-9-16)22-31(27,28)19-12-10-17(11-13-19)23(25)26/h5-13,15,20,22H,3-4,14H2,1-2H3/b18-15+.